The third-order valence-corrected chi connectivity index (χ3v) is 3.17. The molecular formula is C16H27ClN2O3. The van der Waals surface area contributed by atoms with Gasteiger partial charge in [0.15, 0.2) is 0 Å². The highest BCUT2D eigenvalue weighted by Crippen LogP contribution is 2.16. The summed E-state index contributed by atoms with van der Waals surface area (Å²) in [6, 6.07) is 7.94. The first-order valence-electron chi connectivity index (χ1n) is 7.27. The second-order valence-corrected chi connectivity index (χ2v) is 4.95. The van der Waals surface area contributed by atoms with Crippen molar-refractivity contribution in [1.82, 2.24) is 10.2 Å². The van der Waals surface area contributed by atoms with Gasteiger partial charge in [-0.1, -0.05) is 18.2 Å². The molecule has 0 fully saturated rings. The molecule has 1 rings (SSSR count). The Balaban J connectivity index is 0.00000441. The standard InChI is InChI=1S/C16H26N2O3.ClH/c1-14-7-4-5-8-15(14)21-11-6-10-18(2)16(19)13-17-9-12-20-3;/h4-5,7-8,17H,6,9-13H2,1-3H3;1H. The number of benzene rings is 1. The zero-order valence-corrected chi connectivity index (χ0v) is 14.4. The van der Waals surface area contributed by atoms with Crippen LogP contribution in [0, 0.1) is 6.92 Å². The second-order valence-electron chi connectivity index (χ2n) is 4.95. The second kappa shape index (κ2) is 12.3. The number of hydrogen-bond acceptors (Lipinski definition) is 4. The van der Waals surface area contributed by atoms with Crippen molar-refractivity contribution in [2.45, 2.75) is 13.3 Å². The van der Waals surface area contributed by atoms with Crippen molar-refractivity contribution in [1.29, 1.82) is 0 Å². The Morgan fingerprint density at radius 1 is 1.27 bits per heavy atom. The van der Waals surface area contributed by atoms with Gasteiger partial charge in [0, 0.05) is 27.2 Å². The number of halogens is 1. The van der Waals surface area contributed by atoms with Gasteiger partial charge in [-0.15, -0.1) is 12.4 Å². The summed E-state index contributed by atoms with van der Waals surface area (Å²) in [4.78, 5) is 13.5. The van der Waals surface area contributed by atoms with Gasteiger partial charge in [0.25, 0.3) is 0 Å². The van der Waals surface area contributed by atoms with Gasteiger partial charge in [0.1, 0.15) is 5.75 Å². The molecule has 1 amide bonds. The summed E-state index contributed by atoms with van der Waals surface area (Å²) in [5, 5.41) is 3.04. The Morgan fingerprint density at radius 3 is 2.68 bits per heavy atom. The lowest BCUT2D eigenvalue weighted by molar-refractivity contribution is -0.129. The number of methoxy groups -OCH3 is 1. The van der Waals surface area contributed by atoms with Gasteiger partial charge in [-0.2, -0.15) is 0 Å². The first-order chi connectivity index (χ1) is 10.1. The Morgan fingerprint density at radius 2 is 2.00 bits per heavy atom. The Labute approximate surface area is 139 Å². The van der Waals surface area contributed by atoms with Gasteiger partial charge in [-0.05, 0) is 25.0 Å². The molecule has 0 unspecified atom stereocenters. The van der Waals surface area contributed by atoms with Gasteiger partial charge < -0.3 is 19.7 Å². The van der Waals surface area contributed by atoms with E-state index in [0.29, 0.717) is 32.8 Å². The SMILES string of the molecule is COCCNCC(=O)N(C)CCCOc1ccccc1C.Cl. The number of hydrogen-bond donors (Lipinski definition) is 1. The predicted octanol–water partition coefficient (Wildman–Crippen LogP) is 1.88. The lowest BCUT2D eigenvalue weighted by atomic mass is 10.2. The van der Waals surface area contributed by atoms with E-state index in [4.69, 9.17) is 9.47 Å². The number of nitrogens with one attached hydrogen (secondary N) is 1. The third-order valence-electron chi connectivity index (χ3n) is 3.17. The van der Waals surface area contributed by atoms with Crippen molar-refractivity contribution in [3.63, 3.8) is 0 Å². The molecule has 0 aliphatic rings. The summed E-state index contributed by atoms with van der Waals surface area (Å²) < 4.78 is 10.6. The molecule has 0 atom stereocenters. The molecule has 5 nitrogen and oxygen atoms in total. The highest BCUT2D eigenvalue weighted by Gasteiger charge is 2.07. The molecule has 126 valence electrons. The van der Waals surface area contributed by atoms with Crippen LogP contribution < -0.4 is 10.1 Å². The van der Waals surface area contributed by atoms with Crippen LogP contribution in [-0.2, 0) is 9.53 Å². The Hall–Kier alpha value is -1.30. The van der Waals surface area contributed by atoms with Crippen molar-refractivity contribution in [3.8, 4) is 5.75 Å². The minimum absolute atomic E-state index is 0. The molecule has 0 saturated heterocycles. The maximum absolute atomic E-state index is 11.8. The summed E-state index contributed by atoms with van der Waals surface area (Å²) in [6.07, 6.45) is 0.814. The van der Waals surface area contributed by atoms with E-state index in [9.17, 15) is 4.79 Å². The molecule has 0 spiro atoms. The van der Waals surface area contributed by atoms with E-state index in [2.05, 4.69) is 5.32 Å². The van der Waals surface area contributed by atoms with Crippen LogP contribution in [-0.4, -0.2) is 57.8 Å². The molecule has 0 aromatic heterocycles. The van der Waals surface area contributed by atoms with Gasteiger partial charge in [0.2, 0.25) is 5.91 Å². The topological polar surface area (TPSA) is 50.8 Å². The van der Waals surface area contributed by atoms with Crippen molar-refractivity contribution in [2.75, 3.05) is 47.0 Å². The van der Waals surface area contributed by atoms with E-state index < -0.39 is 0 Å². The summed E-state index contributed by atoms with van der Waals surface area (Å²) in [7, 11) is 3.46. The molecule has 1 N–H and O–H groups in total. The number of aryl methyl sites for hydroxylation is 1. The zero-order valence-electron chi connectivity index (χ0n) is 13.6. The fourth-order valence-corrected chi connectivity index (χ4v) is 1.83. The molecule has 0 aliphatic carbocycles. The molecule has 0 heterocycles. The molecule has 0 bridgehead atoms. The fraction of sp³-hybridized carbons (Fsp3) is 0.562. The van der Waals surface area contributed by atoms with Crippen LogP contribution in [0.25, 0.3) is 0 Å². The summed E-state index contributed by atoms with van der Waals surface area (Å²) in [5.74, 6) is 0.995. The van der Waals surface area contributed by atoms with E-state index in [1.165, 1.54) is 0 Å². The third kappa shape index (κ3) is 8.22. The van der Waals surface area contributed by atoms with Crippen molar-refractivity contribution in [3.05, 3.63) is 29.8 Å². The number of nitrogens with zero attached hydrogens (tertiary/aromatic N) is 1. The maximum Gasteiger partial charge on any atom is 0.236 e. The van der Waals surface area contributed by atoms with Gasteiger partial charge in [-0.3, -0.25) is 4.79 Å². The van der Waals surface area contributed by atoms with Crippen LogP contribution in [0.15, 0.2) is 24.3 Å². The van der Waals surface area contributed by atoms with E-state index in [1.807, 2.05) is 38.2 Å². The lowest BCUT2D eigenvalue weighted by Gasteiger charge is -2.18. The van der Waals surface area contributed by atoms with Crippen molar-refractivity contribution >= 4 is 18.3 Å². The summed E-state index contributed by atoms with van der Waals surface area (Å²) >= 11 is 0. The van der Waals surface area contributed by atoms with E-state index in [1.54, 1.807) is 12.0 Å². The van der Waals surface area contributed by atoms with Crippen LogP contribution in [0.5, 0.6) is 5.75 Å². The number of carbonyl (C=O) groups is 1. The van der Waals surface area contributed by atoms with Crippen LogP contribution in [0.3, 0.4) is 0 Å². The van der Waals surface area contributed by atoms with Crippen LogP contribution in [0.2, 0.25) is 0 Å². The van der Waals surface area contributed by atoms with E-state index in [-0.39, 0.29) is 18.3 Å². The predicted molar refractivity (Wildman–Crippen MR) is 90.9 cm³/mol. The highest BCUT2D eigenvalue weighted by atomic mass is 35.5. The number of likely N-dealkylation sites (N-methyl/N-ethyl adjacent to an activating group) is 1. The molecule has 0 saturated carbocycles. The average Bonchev–Trinajstić information content (AvgIpc) is 2.49. The van der Waals surface area contributed by atoms with Crippen molar-refractivity contribution < 1.29 is 14.3 Å². The number of para-hydroxylation sites is 1. The van der Waals surface area contributed by atoms with Crippen LogP contribution in [0.1, 0.15) is 12.0 Å². The van der Waals surface area contributed by atoms with Gasteiger partial charge >= 0.3 is 0 Å². The minimum atomic E-state index is 0. The quantitative estimate of drug-likeness (QED) is 0.666. The van der Waals surface area contributed by atoms with Gasteiger partial charge in [0.05, 0.1) is 19.8 Å². The molecule has 1 aromatic carbocycles. The molecule has 0 radical (unpaired) electrons. The number of rotatable bonds is 10. The molecule has 0 aliphatic heterocycles. The minimum Gasteiger partial charge on any atom is -0.493 e. The van der Waals surface area contributed by atoms with E-state index in [0.717, 1.165) is 17.7 Å². The Bertz CT molecular complexity index is 430. The number of amides is 1. The number of carbonyl (C=O) groups excluding carboxylic acids is 1. The molecule has 6 heteroatoms. The monoisotopic (exact) mass is 330 g/mol. The van der Waals surface area contributed by atoms with Crippen molar-refractivity contribution in [2.24, 2.45) is 0 Å². The number of ether oxygens (including phenoxy) is 2. The summed E-state index contributed by atoms with van der Waals surface area (Å²) in [5.41, 5.74) is 1.13. The first-order valence-corrected chi connectivity index (χ1v) is 7.27. The molecular weight excluding hydrogens is 304 g/mol. The summed E-state index contributed by atoms with van der Waals surface area (Å²) in [6.45, 7) is 4.97. The lowest BCUT2D eigenvalue weighted by Crippen LogP contribution is -2.37. The zero-order chi connectivity index (χ0) is 15.5. The average molecular weight is 331 g/mol. The highest BCUT2D eigenvalue weighted by molar-refractivity contribution is 5.85. The smallest absolute Gasteiger partial charge is 0.236 e. The normalized spacial score (nSPS) is 9.95. The Kier molecular flexibility index (Phi) is 11.5. The molecule has 1 aromatic rings. The van der Waals surface area contributed by atoms with Gasteiger partial charge in [-0.25, -0.2) is 0 Å². The maximum atomic E-state index is 11.8. The van der Waals surface area contributed by atoms with E-state index >= 15 is 0 Å². The first kappa shape index (κ1) is 20.7. The van der Waals surface area contributed by atoms with Crippen LogP contribution >= 0.6 is 12.4 Å². The molecule has 22 heavy (non-hydrogen) atoms. The fourth-order valence-electron chi connectivity index (χ4n) is 1.83. The largest absolute Gasteiger partial charge is 0.493 e. The van der Waals surface area contributed by atoms with Crippen LogP contribution in [0.4, 0.5) is 0 Å².